The van der Waals surface area contributed by atoms with Gasteiger partial charge in [-0.25, -0.2) is 9.59 Å². The Bertz CT molecular complexity index is 3090. The van der Waals surface area contributed by atoms with Crippen LogP contribution in [0.5, 0.6) is 0 Å². The van der Waals surface area contributed by atoms with Crippen LogP contribution in [0.15, 0.2) is 58.7 Å². The Morgan fingerprint density at radius 2 is 0.711 bits per heavy atom. The van der Waals surface area contributed by atoms with E-state index in [1.165, 1.54) is 37.3 Å². The molecule has 0 aromatic heterocycles. The summed E-state index contributed by atoms with van der Waals surface area (Å²) in [5, 5.41) is 14.0. The third-order valence-corrected chi connectivity index (χ3v) is 35.0. The minimum absolute atomic E-state index is 0.0230. The lowest BCUT2D eigenvalue weighted by Gasteiger charge is -2.47. The number of piperazine rings is 1. The van der Waals surface area contributed by atoms with Gasteiger partial charge in [-0.05, 0) is 132 Å². The van der Waals surface area contributed by atoms with Gasteiger partial charge in [-0.2, -0.15) is 5.06 Å². The number of hydrogen-bond donors (Lipinski definition) is 1. The van der Waals surface area contributed by atoms with E-state index in [0.29, 0.717) is 37.3 Å². The molecule has 8 aliphatic heterocycles. The van der Waals surface area contributed by atoms with Gasteiger partial charge in [0.05, 0.1) is 66.8 Å². The van der Waals surface area contributed by atoms with Crippen LogP contribution in [0.2, 0.25) is 0 Å². The van der Waals surface area contributed by atoms with Crippen molar-refractivity contribution in [3.8, 4) is 0 Å². The third kappa shape index (κ3) is 10.3. The Kier molecular flexibility index (Phi) is 15.8. The lowest BCUT2D eigenvalue weighted by molar-refractivity contribution is -0.232. The molecule has 3 aromatic carbocycles. The fraction of sp³-hybridized carbons (Fsp3) is 0.639. The molecule has 0 radical (unpaired) electrons. The number of hydroxylamine groups is 2. The Labute approximate surface area is 542 Å². The molecule has 8 heterocycles. The van der Waals surface area contributed by atoms with Crippen molar-refractivity contribution >= 4 is 165 Å². The predicted molar refractivity (Wildman–Crippen MR) is 354 cm³/mol. The van der Waals surface area contributed by atoms with Crippen LogP contribution in [0.4, 0.5) is 0 Å². The topological polar surface area (TPSA) is 117 Å². The highest BCUT2D eigenvalue weighted by Gasteiger charge is 2.63. The summed E-state index contributed by atoms with van der Waals surface area (Å²) in [7, 11) is 2.99. The molecule has 1 atom stereocenters. The molecule has 2 saturated heterocycles. The summed E-state index contributed by atoms with van der Waals surface area (Å²) in [6, 6.07) is 0. The SMILES string of the molecule is COC(=O)c1c2c(c(C(c3c4c(c(C(=O)OC)c5c3SC(C)(C)S5)SC(C)(C)S4)c3c4c(c(C(=O)N5CCN(C(=O)C6CC7(CCCCC7)N(O)C67CCCCC7)CC5)c5c3SC(C)(C)S5)SC(C)(C)S4)c3c1SC(C)(C)S3)SC(C)(C)S2. The first-order valence-electron chi connectivity index (χ1n) is 29.2. The van der Waals surface area contributed by atoms with Crippen LogP contribution in [-0.2, 0) is 14.3 Å². The van der Waals surface area contributed by atoms with Gasteiger partial charge in [-0.15, -0.1) is 141 Å². The smallest absolute Gasteiger partial charge is 0.340 e. The molecule has 2 aliphatic carbocycles. The van der Waals surface area contributed by atoms with Crippen molar-refractivity contribution in [2.75, 3.05) is 40.4 Å². The summed E-state index contributed by atoms with van der Waals surface area (Å²) < 4.78 is 9.50. The second-order valence-electron chi connectivity index (χ2n) is 26.5. The molecule has 13 rings (SSSR count). The first kappa shape index (κ1) is 61.5. The van der Waals surface area contributed by atoms with Gasteiger partial charge in [0.1, 0.15) is 0 Å². The van der Waals surface area contributed by atoms with Crippen LogP contribution in [0.25, 0.3) is 0 Å². The number of amides is 2. The molecule has 2 saturated carbocycles. The van der Waals surface area contributed by atoms with E-state index in [0.717, 1.165) is 129 Å². The average Bonchev–Trinajstić information content (AvgIpc) is 1.68. The molecule has 22 heteroatoms. The number of methoxy groups -OCH3 is 2. The van der Waals surface area contributed by atoms with Crippen molar-refractivity contribution in [3.63, 3.8) is 0 Å². The van der Waals surface area contributed by atoms with Crippen LogP contribution >= 0.6 is 141 Å². The maximum atomic E-state index is 16.2. The zero-order valence-electron chi connectivity index (χ0n) is 49.9. The molecule has 10 nitrogen and oxygen atoms in total. The standard InChI is InChI=1S/C61H75N3O7S12/c1-54(2)72-38-32(39-45(79-55(3,4)73-39)35(44(38)78-54)51(66)63-27-25-62(26-28-63)50(65)30-29-60(21-17-15-18-22-60)64(69)61(30)23-19-16-20-24-61)31(33-40-46(80-56(5,6)74-40)36(52(67)70-13)47-41(33)75-57(7,8)81-47)34-42-48(82-58(9,10)76-42)37(53(68)71-14)49-43(34)77-59(11,12)83-49/h30-31,69H,15-29H2,1-14H3. The van der Waals surface area contributed by atoms with Crippen LogP contribution < -0.4 is 0 Å². The van der Waals surface area contributed by atoms with Gasteiger partial charge in [-0.3, -0.25) is 9.59 Å². The molecule has 0 bridgehead atoms. The Balaban J connectivity index is 1.01. The highest BCUT2D eigenvalue weighted by Crippen LogP contribution is 2.75. The quantitative estimate of drug-likeness (QED) is 0.178. The zero-order chi connectivity index (χ0) is 59.1. The molecule has 1 N–H and O–H groups in total. The van der Waals surface area contributed by atoms with Crippen molar-refractivity contribution in [1.82, 2.24) is 14.9 Å². The Hall–Kier alpha value is -0.340. The number of benzene rings is 3. The maximum Gasteiger partial charge on any atom is 0.340 e. The number of fused-ring (bicyclic) bond motifs is 6. The van der Waals surface area contributed by atoms with E-state index in [9.17, 15) is 14.8 Å². The molecule has 2 amide bonds. The van der Waals surface area contributed by atoms with E-state index in [-0.39, 0.29) is 59.7 Å². The number of thioether (sulfide) groups is 12. The number of ether oxygens (including phenoxy) is 2. The second kappa shape index (κ2) is 21.4. The first-order chi connectivity index (χ1) is 38.9. The minimum Gasteiger partial charge on any atom is -0.465 e. The fourth-order valence-corrected chi connectivity index (χ4v) is 32.6. The van der Waals surface area contributed by atoms with Crippen LogP contribution in [-0.4, -0.2) is 120 Å². The summed E-state index contributed by atoms with van der Waals surface area (Å²) in [5.74, 6) is -1.11. The molecule has 10 aliphatic rings. The lowest BCUT2D eigenvalue weighted by atomic mass is 9.72. The van der Waals surface area contributed by atoms with Crippen LogP contribution in [0.3, 0.4) is 0 Å². The van der Waals surface area contributed by atoms with Gasteiger partial charge < -0.3 is 24.5 Å². The summed E-state index contributed by atoms with van der Waals surface area (Å²) in [5.41, 5.74) is 4.83. The molecule has 1 unspecified atom stereocenters. The third-order valence-electron chi connectivity index (χ3n) is 17.9. The van der Waals surface area contributed by atoms with Crippen molar-refractivity contribution in [3.05, 3.63) is 33.4 Å². The molecule has 3 aromatic rings. The van der Waals surface area contributed by atoms with Crippen LogP contribution in [0, 0.1) is 5.92 Å². The Morgan fingerprint density at radius 1 is 0.422 bits per heavy atom. The van der Waals surface area contributed by atoms with Crippen molar-refractivity contribution in [2.45, 2.75) is 254 Å². The number of carbonyl (C=O) groups excluding carboxylic acids is 4. The summed E-state index contributed by atoms with van der Waals surface area (Å²) in [6.07, 6.45) is 10.9. The van der Waals surface area contributed by atoms with Gasteiger partial charge in [-0.1, -0.05) is 38.5 Å². The number of carbonyl (C=O) groups is 4. The first-order valence-corrected chi connectivity index (χ1v) is 39.0. The number of nitrogens with zero attached hydrogens (tertiary/aromatic N) is 3. The van der Waals surface area contributed by atoms with Crippen molar-refractivity contribution in [1.29, 1.82) is 0 Å². The highest BCUT2D eigenvalue weighted by molar-refractivity contribution is 8.23. The van der Waals surface area contributed by atoms with Gasteiger partial charge in [0.15, 0.2) is 0 Å². The van der Waals surface area contributed by atoms with E-state index in [1.807, 2.05) is 80.4 Å². The summed E-state index contributed by atoms with van der Waals surface area (Å²) >= 11 is 21.8. The van der Waals surface area contributed by atoms with Crippen molar-refractivity contribution in [2.24, 2.45) is 5.92 Å². The van der Waals surface area contributed by atoms with Gasteiger partial charge in [0.25, 0.3) is 5.91 Å². The van der Waals surface area contributed by atoms with E-state index in [2.05, 4.69) is 83.1 Å². The predicted octanol–water partition coefficient (Wildman–Crippen LogP) is 18.4. The number of esters is 2. The van der Waals surface area contributed by atoms with Crippen molar-refractivity contribution < 1.29 is 33.9 Å². The summed E-state index contributed by atoms with van der Waals surface area (Å²) in [6.45, 7) is 29.0. The van der Waals surface area contributed by atoms with E-state index >= 15 is 9.59 Å². The van der Waals surface area contributed by atoms with E-state index in [4.69, 9.17) is 9.47 Å². The van der Waals surface area contributed by atoms with Crippen LogP contribution in [0.1, 0.15) is 207 Å². The fourth-order valence-electron chi connectivity index (χ4n) is 14.7. The van der Waals surface area contributed by atoms with Gasteiger partial charge in [0, 0.05) is 96.4 Å². The Morgan fingerprint density at radius 3 is 1.04 bits per heavy atom. The number of hydrogen-bond acceptors (Lipinski definition) is 20. The molecular weight excluding hydrogens is 1270 g/mol. The lowest BCUT2D eigenvalue weighted by Crippen LogP contribution is -2.58. The number of rotatable bonds is 7. The van der Waals surface area contributed by atoms with E-state index < -0.39 is 11.5 Å². The molecular formula is C61H75N3O7S12. The molecule has 4 fully saturated rings. The van der Waals surface area contributed by atoms with Gasteiger partial charge in [0.2, 0.25) is 5.91 Å². The van der Waals surface area contributed by atoms with E-state index in [1.54, 1.807) is 75.6 Å². The largest absolute Gasteiger partial charge is 0.465 e. The highest BCUT2D eigenvalue weighted by atomic mass is 32.2. The normalized spacial score (nSPS) is 25.8. The maximum absolute atomic E-state index is 16.2. The molecule has 448 valence electrons. The zero-order valence-corrected chi connectivity index (χ0v) is 59.7. The summed E-state index contributed by atoms with van der Waals surface area (Å²) in [4.78, 5) is 76.9. The average molecular weight is 1350 g/mol. The molecule has 83 heavy (non-hydrogen) atoms. The van der Waals surface area contributed by atoms with Gasteiger partial charge >= 0.3 is 11.9 Å². The molecule has 2 spiro atoms. The minimum atomic E-state index is -0.514. The monoisotopic (exact) mass is 1350 g/mol. The second-order valence-corrected chi connectivity index (χ2v) is 47.6.